The number of fused-ring (bicyclic) bond motifs is 1. The topological polar surface area (TPSA) is 71.2 Å². The Morgan fingerprint density at radius 2 is 2.26 bits per heavy atom. The number of carbonyl (C=O) groups is 1. The van der Waals surface area contributed by atoms with Gasteiger partial charge < -0.3 is 10.0 Å². The van der Waals surface area contributed by atoms with Gasteiger partial charge in [0.1, 0.15) is 0 Å². The van der Waals surface area contributed by atoms with Crippen LogP contribution in [0, 0.1) is 5.92 Å². The second-order valence-corrected chi connectivity index (χ2v) is 5.76. The van der Waals surface area contributed by atoms with E-state index in [1.54, 1.807) is 0 Å². The van der Waals surface area contributed by atoms with E-state index in [-0.39, 0.29) is 5.92 Å². The Morgan fingerprint density at radius 3 is 3.00 bits per heavy atom. The molecule has 0 aromatic carbocycles. The van der Waals surface area contributed by atoms with Crippen LogP contribution in [-0.2, 0) is 17.6 Å². The lowest BCUT2D eigenvalue weighted by molar-refractivity contribution is -0.142. The smallest absolute Gasteiger partial charge is 0.306 e. The van der Waals surface area contributed by atoms with E-state index in [0.29, 0.717) is 18.9 Å². The Hall–Kier alpha value is -1.43. The quantitative estimate of drug-likeness (QED) is 0.853. The van der Waals surface area contributed by atoms with Gasteiger partial charge in [-0.3, -0.25) is 4.79 Å². The van der Waals surface area contributed by atoms with Crippen LogP contribution in [0.2, 0.25) is 0 Å². The van der Waals surface area contributed by atoms with E-state index in [9.17, 15) is 9.90 Å². The first-order valence-electron chi connectivity index (χ1n) is 6.99. The zero-order valence-electron chi connectivity index (χ0n) is 11.2. The normalized spacial score (nSPS) is 28.1. The summed E-state index contributed by atoms with van der Waals surface area (Å²) < 4.78 is 2.00. The third-order valence-electron chi connectivity index (χ3n) is 4.34. The third kappa shape index (κ3) is 2.36. The van der Waals surface area contributed by atoms with E-state index >= 15 is 0 Å². The van der Waals surface area contributed by atoms with Crippen LogP contribution < -0.4 is 0 Å². The molecule has 1 aromatic heterocycles. The van der Waals surface area contributed by atoms with Crippen molar-refractivity contribution >= 4 is 5.97 Å². The van der Waals surface area contributed by atoms with Crippen molar-refractivity contribution in [3.8, 4) is 0 Å². The van der Waals surface area contributed by atoms with Gasteiger partial charge in [0, 0.05) is 13.0 Å². The van der Waals surface area contributed by atoms with Crippen molar-refractivity contribution in [1.29, 1.82) is 0 Å². The molecule has 2 aliphatic rings. The number of hydrogen-bond donors (Lipinski definition) is 1. The van der Waals surface area contributed by atoms with Gasteiger partial charge in [0.15, 0.2) is 0 Å². The Labute approximate surface area is 112 Å². The number of hydrogen-bond acceptors (Lipinski definition) is 4. The predicted molar refractivity (Wildman–Crippen MR) is 68.9 cm³/mol. The van der Waals surface area contributed by atoms with E-state index in [2.05, 4.69) is 22.3 Å². The summed E-state index contributed by atoms with van der Waals surface area (Å²) in [5, 5.41) is 17.7. The Balaban J connectivity index is 1.84. The fourth-order valence-corrected chi connectivity index (χ4v) is 3.24. The summed E-state index contributed by atoms with van der Waals surface area (Å²) in [7, 11) is 2.12. The number of piperidine rings is 1. The van der Waals surface area contributed by atoms with E-state index in [4.69, 9.17) is 0 Å². The van der Waals surface area contributed by atoms with E-state index in [0.717, 1.165) is 43.7 Å². The highest BCUT2D eigenvalue weighted by Crippen LogP contribution is 2.28. The van der Waals surface area contributed by atoms with Gasteiger partial charge in [-0.2, -0.15) is 0 Å². The number of aromatic nitrogens is 3. The van der Waals surface area contributed by atoms with E-state index < -0.39 is 5.97 Å². The second-order valence-electron chi connectivity index (χ2n) is 5.76. The standard InChI is InChI=1S/C13H20N4O2/c1-16-6-2-3-10(8-16)17-12-7-9(13(18)19)4-5-11(12)14-15-17/h9-10H,2-8H2,1H3,(H,18,19)/t9-,10-/m1/s1. The molecule has 6 nitrogen and oxygen atoms in total. The summed E-state index contributed by atoms with van der Waals surface area (Å²) in [6.45, 7) is 2.11. The highest BCUT2D eigenvalue weighted by molar-refractivity contribution is 5.70. The Bertz CT molecular complexity index is 485. The SMILES string of the molecule is CN1CCC[C@@H](n2nnc3c2C[C@H](C(=O)O)CC3)C1. The summed E-state index contributed by atoms with van der Waals surface area (Å²) in [5.41, 5.74) is 2.06. The number of carboxylic acids is 1. The monoisotopic (exact) mass is 264 g/mol. The first kappa shape index (κ1) is 12.6. The molecule has 2 atom stereocenters. The minimum atomic E-state index is -0.695. The highest BCUT2D eigenvalue weighted by atomic mass is 16.4. The van der Waals surface area contributed by atoms with Crippen LogP contribution in [0.1, 0.15) is 36.7 Å². The molecule has 1 fully saturated rings. The molecule has 6 heteroatoms. The first-order valence-corrected chi connectivity index (χ1v) is 6.99. The molecule has 0 bridgehead atoms. The molecular weight excluding hydrogens is 244 g/mol. The molecule has 0 saturated carbocycles. The predicted octanol–water partition coefficient (Wildman–Crippen LogP) is 0.734. The van der Waals surface area contributed by atoms with Crippen molar-refractivity contribution in [2.45, 2.75) is 38.1 Å². The summed E-state index contributed by atoms with van der Waals surface area (Å²) in [4.78, 5) is 13.5. The van der Waals surface area contributed by atoms with Crippen molar-refractivity contribution in [3.63, 3.8) is 0 Å². The molecule has 19 heavy (non-hydrogen) atoms. The minimum Gasteiger partial charge on any atom is -0.481 e. The second kappa shape index (κ2) is 4.92. The molecule has 104 valence electrons. The van der Waals surface area contributed by atoms with Crippen LogP contribution in [-0.4, -0.2) is 51.1 Å². The number of rotatable bonds is 2. The fraction of sp³-hybridized carbons (Fsp3) is 0.769. The number of carboxylic acid groups (broad SMARTS) is 1. The first-order chi connectivity index (χ1) is 9.15. The molecule has 1 aliphatic carbocycles. The summed E-state index contributed by atoms with van der Waals surface area (Å²) >= 11 is 0. The van der Waals surface area contributed by atoms with Gasteiger partial charge in [0.25, 0.3) is 0 Å². The molecule has 1 aromatic rings. The number of nitrogens with zero attached hydrogens (tertiary/aromatic N) is 4. The summed E-state index contributed by atoms with van der Waals surface area (Å²) in [6, 6.07) is 0.350. The maximum absolute atomic E-state index is 11.2. The van der Waals surface area contributed by atoms with Crippen LogP contribution in [0.4, 0.5) is 0 Å². The maximum atomic E-state index is 11.2. The van der Waals surface area contributed by atoms with Crippen LogP contribution >= 0.6 is 0 Å². The fourth-order valence-electron chi connectivity index (χ4n) is 3.24. The number of likely N-dealkylation sites (N-methyl/N-ethyl adjacent to an activating group) is 1. The lowest BCUT2D eigenvalue weighted by Crippen LogP contribution is -2.35. The molecule has 1 saturated heterocycles. The largest absolute Gasteiger partial charge is 0.481 e. The molecule has 0 amide bonds. The van der Waals surface area contributed by atoms with E-state index in [1.807, 2.05) is 4.68 Å². The zero-order valence-corrected chi connectivity index (χ0v) is 11.2. The van der Waals surface area contributed by atoms with Crippen molar-refractivity contribution in [2.75, 3.05) is 20.1 Å². The number of likely N-dealkylation sites (tertiary alicyclic amines) is 1. The maximum Gasteiger partial charge on any atom is 0.306 e. The van der Waals surface area contributed by atoms with Crippen molar-refractivity contribution in [3.05, 3.63) is 11.4 Å². The van der Waals surface area contributed by atoms with Gasteiger partial charge >= 0.3 is 5.97 Å². The average molecular weight is 264 g/mol. The number of aryl methyl sites for hydroxylation is 1. The summed E-state index contributed by atoms with van der Waals surface area (Å²) in [6.07, 6.45) is 4.29. The van der Waals surface area contributed by atoms with Crippen LogP contribution in [0.15, 0.2) is 0 Å². The van der Waals surface area contributed by atoms with Gasteiger partial charge in [-0.25, -0.2) is 4.68 Å². The minimum absolute atomic E-state index is 0.272. The van der Waals surface area contributed by atoms with Crippen molar-refractivity contribution in [2.24, 2.45) is 5.92 Å². The van der Waals surface area contributed by atoms with E-state index in [1.165, 1.54) is 0 Å². The molecular formula is C13H20N4O2. The Morgan fingerprint density at radius 1 is 1.42 bits per heavy atom. The van der Waals surface area contributed by atoms with Crippen molar-refractivity contribution < 1.29 is 9.90 Å². The van der Waals surface area contributed by atoms with Crippen LogP contribution in [0.5, 0.6) is 0 Å². The van der Waals surface area contributed by atoms with Gasteiger partial charge in [-0.1, -0.05) is 5.21 Å². The molecule has 0 spiro atoms. The number of aliphatic carboxylic acids is 1. The molecule has 1 aliphatic heterocycles. The zero-order chi connectivity index (χ0) is 13.4. The summed E-state index contributed by atoms with van der Waals surface area (Å²) in [5.74, 6) is -0.967. The van der Waals surface area contributed by atoms with Gasteiger partial charge in [-0.15, -0.1) is 5.10 Å². The molecule has 1 N–H and O–H groups in total. The van der Waals surface area contributed by atoms with Gasteiger partial charge in [-0.05, 0) is 39.3 Å². The average Bonchev–Trinajstić information content (AvgIpc) is 2.81. The highest BCUT2D eigenvalue weighted by Gasteiger charge is 2.31. The van der Waals surface area contributed by atoms with Crippen LogP contribution in [0.25, 0.3) is 0 Å². The lowest BCUT2D eigenvalue weighted by Gasteiger charge is -2.31. The lowest BCUT2D eigenvalue weighted by atomic mass is 9.89. The van der Waals surface area contributed by atoms with Crippen LogP contribution in [0.3, 0.4) is 0 Å². The third-order valence-corrected chi connectivity index (χ3v) is 4.34. The Kier molecular flexibility index (Phi) is 3.26. The molecule has 0 unspecified atom stereocenters. The molecule has 0 radical (unpaired) electrons. The van der Waals surface area contributed by atoms with Gasteiger partial charge in [0.05, 0.1) is 23.3 Å². The molecule has 3 rings (SSSR count). The van der Waals surface area contributed by atoms with Gasteiger partial charge in [0.2, 0.25) is 0 Å². The molecule has 2 heterocycles. The van der Waals surface area contributed by atoms with Crippen molar-refractivity contribution in [1.82, 2.24) is 19.9 Å².